The minimum atomic E-state index is -1.21. The Labute approximate surface area is 163 Å². The van der Waals surface area contributed by atoms with Crippen LogP contribution in [0.2, 0.25) is 0 Å². The highest BCUT2D eigenvalue weighted by molar-refractivity contribution is 6.00. The first-order chi connectivity index (χ1) is 13.4. The zero-order valence-corrected chi connectivity index (χ0v) is 15.8. The zero-order valence-electron chi connectivity index (χ0n) is 15.8. The molecular weight excluding hydrogens is 363 g/mol. The number of nitrogens with one attached hydrogen (secondary N) is 4. The lowest BCUT2D eigenvalue weighted by molar-refractivity contribution is -0.124. The number of nitrogens with zero attached hydrogens (tertiary/aromatic N) is 2. The number of carbonyl (C=O) groups is 2. The van der Waals surface area contributed by atoms with Gasteiger partial charge < -0.3 is 21.3 Å². The maximum Gasteiger partial charge on any atom is 0.247 e. The molecule has 3 heterocycles. The fourth-order valence-corrected chi connectivity index (χ4v) is 4.31. The molecule has 0 bridgehead atoms. The summed E-state index contributed by atoms with van der Waals surface area (Å²) in [6, 6.07) is 3.24. The Morgan fingerprint density at radius 3 is 2.79 bits per heavy atom. The molecule has 8 nitrogen and oxygen atoms in total. The molecular formula is C19H25FN6O2. The van der Waals surface area contributed by atoms with Gasteiger partial charge in [0.1, 0.15) is 12.2 Å². The Morgan fingerprint density at radius 2 is 2.11 bits per heavy atom. The van der Waals surface area contributed by atoms with Crippen molar-refractivity contribution in [1.82, 2.24) is 21.3 Å². The predicted octanol–water partition coefficient (Wildman–Crippen LogP) is -0.351. The van der Waals surface area contributed by atoms with E-state index < -0.39 is 18.3 Å². The lowest BCUT2D eigenvalue weighted by Crippen LogP contribution is -2.58. The van der Waals surface area contributed by atoms with Gasteiger partial charge in [0.2, 0.25) is 11.8 Å². The molecule has 4 N–H and O–H groups in total. The van der Waals surface area contributed by atoms with Gasteiger partial charge in [-0.3, -0.25) is 9.59 Å². The molecule has 2 saturated heterocycles. The maximum absolute atomic E-state index is 14.1. The van der Waals surface area contributed by atoms with Crippen LogP contribution in [0.3, 0.4) is 0 Å². The average molecular weight is 388 g/mol. The second kappa shape index (κ2) is 8.68. The standard InChI is InChI=1S/C19H25FN6O2/c1-10-12(19(28)26-14-2-3-23-15(7-22)18(10)14)5-17(27)25-9-16-13(20)4-11(6-21)8-24-16/h11,13-16,18,23-24H,2-5,8-9H2,1H3,(H,25,27)(H,26,28). The van der Waals surface area contributed by atoms with E-state index in [0.717, 1.165) is 12.0 Å². The molecule has 6 atom stereocenters. The van der Waals surface area contributed by atoms with Gasteiger partial charge in [0.15, 0.2) is 0 Å². The van der Waals surface area contributed by atoms with Crippen LogP contribution in [0, 0.1) is 34.5 Å². The fraction of sp³-hybridized carbons (Fsp3) is 0.684. The van der Waals surface area contributed by atoms with Crippen molar-refractivity contribution >= 4 is 11.8 Å². The largest absolute Gasteiger partial charge is 0.354 e. The van der Waals surface area contributed by atoms with E-state index in [0.29, 0.717) is 18.7 Å². The maximum atomic E-state index is 14.1. The van der Waals surface area contributed by atoms with Crippen molar-refractivity contribution in [3.63, 3.8) is 0 Å². The highest BCUT2D eigenvalue weighted by Gasteiger charge is 2.41. The zero-order chi connectivity index (χ0) is 20.3. The minimum absolute atomic E-state index is 0.0977. The molecule has 0 saturated carbocycles. The first-order valence-corrected chi connectivity index (χ1v) is 9.61. The number of hydrogen-bond donors (Lipinski definition) is 4. The number of carbonyl (C=O) groups excluding carboxylic acids is 2. The normalized spacial score (nSPS) is 35.2. The van der Waals surface area contributed by atoms with Crippen LogP contribution in [0.4, 0.5) is 4.39 Å². The summed E-state index contributed by atoms with van der Waals surface area (Å²) in [6.07, 6.45) is -0.422. The van der Waals surface area contributed by atoms with Gasteiger partial charge in [-0.05, 0) is 26.3 Å². The van der Waals surface area contributed by atoms with E-state index in [2.05, 4.69) is 27.3 Å². The molecule has 0 radical (unpaired) electrons. The van der Waals surface area contributed by atoms with Gasteiger partial charge in [-0.1, -0.05) is 5.57 Å². The minimum Gasteiger partial charge on any atom is -0.354 e. The summed E-state index contributed by atoms with van der Waals surface area (Å²) < 4.78 is 14.1. The lowest BCUT2D eigenvalue weighted by atomic mass is 9.76. The third-order valence-electron chi connectivity index (χ3n) is 5.93. The van der Waals surface area contributed by atoms with Gasteiger partial charge in [0.25, 0.3) is 0 Å². The molecule has 6 unspecified atom stereocenters. The number of alkyl halides is 1. The molecule has 9 heteroatoms. The molecule has 0 aromatic carbocycles. The van der Waals surface area contributed by atoms with E-state index >= 15 is 0 Å². The Bertz CT molecular complexity index is 755. The van der Waals surface area contributed by atoms with Crippen molar-refractivity contribution in [1.29, 1.82) is 10.5 Å². The average Bonchev–Trinajstić information content (AvgIpc) is 2.69. The fourth-order valence-electron chi connectivity index (χ4n) is 4.31. The second-order valence-corrected chi connectivity index (χ2v) is 7.69. The molecule has 3 rings (SSSR count). The summed E-state index contributed by atoms with van der Waals surface area (Å²) in [5.41, 5.74) is 1.14. The molecule has 0 aromatic heterocycles. The van der Waals surface area contributed by atoms with Crippen molar-refractivity contribution in [3.05, 3.63) is 11.1 Å². The lowest BCUT2D eigenvalue weighted by Gasteiger charge is -2.41. The molecule has 0 aromatic rings. The molecule has 2 amide bonds. The summed E-state index contributed by atoms with van der Waals surface area (Å²) in [7, 11) is 0. The third kappa shape index (κ3) is 4.16. The molecule has 150 valence electrons. The van der Waals surface area contributed by atoms with Gasteiger partial charge >= 0.3 is 0 Å². The van der Waals surface area contributed by atoms with Gasteiger partial charge in [0.05, 0.1) is 30.5 Å². The molecule has 0 spiro atoms. The van der Waals surface area contributed by atoms with E-state index in [1.807, 2.05) is 6.07 Å². The van der Waals surface area contributed by atoms with Crippen LogP contribution >= 0.6 is 0 Å². The van der Waals surface area contributed by atoms with Crippen molar-refractivity contribution in [2.45, 2.75) is 50.5 Å². The van der Waals surface area contributed by atoms with Crippen LogP contribution in [0.1, 0.15) is 26.2 Å². The van der Waals surface area contributed by atoms with Gasteiger partial charge in [-0.25, -0.2) is 4.39 Å². The number of hydrogen-bond acceptors (Lipinski definition) is 6. The monoisotopic (exact) mass is 388 g/mol. The first-order valence-electron chi connectivity index (χ1n) is 9.61. The van der Waals surface area contributed by atoms with Gasteiger partial charge in [-0.2, -0.15) is 10.5 Å². The van der Waals surface area contributed by atoms with Crippen LogP contribution in [-0.2, 0) is 9.59 Å². The number of piperidine rings is 2. The highest BCUT2D eigenvalue weighted by Crippen LogP contribution is 2.32. The number of halogens is 1. The molecule has 3 aliphatic heterocycles. The van der Waals surface area contributed by atoms with E-state index in [1.54, 1.807) is 6.92 Å². The number of amides is 2. The van der Waals surface area contributed by atoms with Gasteiger partial charge in [-0.15, -0.1) is 0 Å². The van der Waals surface area contributed by atoms with Crippen LogP contribution in [-0.4, -0.2) is 55.7 Å². The molecule has 0 aliphatic carbocycles. The van der Waals surface area contributed by atoms with E-state index in [1.165, 1.54) is 0 Å². The quantitative estimate of drug-likeness (QED) is 0.521. The molecule has 2 fully saturated rings. The van der Waals surface area contributed by atoms with Crippen molar-refractivity contribution < 1.29 is 14.0 Å². The number of fused-ring (bicyclic) bond motifs is 1. The summed E-state index contributed by atoms with van der Waals surface area (Å²) in [5.74, 6) is -1.15. The summed E-state index contributed by atoms with van der Waals surface area (Å²) >= 11 is 0. The van der Waals surface area contributed by atoms with E-state index in [9.17, 15) is 19.2 Å². The van der Waals surface area contributed by atoms with Crippen LogP contribution in [0.25, 0.3) is 0 Å². The van der Waals surface area contributed by atoms with E-state index in [-0.39, 0.29) is 49.1 Å². The van der Waals surface area contributed by atoms with Crippen molar-refractivity contribution in [2.75, 3.05) is 19.6 Å². The molecule has 28 heavy (non-hydrogen) atoms. The Balaban J connectivity index is 1.61. The number of rotatable bonds is 4. The number of nitriles is 2. The van der Waals surface area contributed by atoms with Crippen LogP contribution in [0.15, 0.2) is 11.1 Å². The SMILES string of the molecule is CC1=C(CC(=O)NCC2NCC(C#N)CC2F)C(=O)NC2CCNC(C#N)C12. The highest BCUT2D eigenvalue weighted by atomic mass is 19.1. The Morgan fingerprint density at radius 1 is 1.32 bits per heavy atom. The second-order valence-electron chi connectivity index (χ2n) is 7.69. The third-order valence-corrected chi connectivity index (χ3v) is 5.93. The smallest absolute Gasteiger partial charge is 0.247 e. The topological polar surface area (TPSA) is 130 Å². The Hall–Kier alpha value is -2.49. The summed E-state index contributed by atoms with van der Waals surface area (Å²) in [4.78, 5) is 24.8. The van der Waals surface area contributed by atoms with Crippen molar-refractivity contribution in [3.8, 4) is 12.1 Å². The Kier molecular flexibility index (Phi) is 6.28. The molecule has 3 aliphatic rings. The van der Waals surface area contributed by atoms with Gasteiger partial charge in [0, 0.05) is 30.6 Å². The van der Waals surface area contributed by atoms with E-state index in [4.69, 9.17) is 5.26 Å². The summed E-state index contributed by atoms with van der Waals surface area (Å²) in [5, 5.41) is 30.0. The van der Waals surface area contributed by atoms with Crippen LogP contribution in [0.5, 0.6) is 0 Å². The predicted molar refractivity (Wildman–Crippen MR) is 98.2 cm³/mol. The summed E-state index contributed by atoms with van der Waals surface area (Å²) in [6.45, 7) is 2.96. The van der Waals surface area contributed by atoms with Crippen LogP contribution < -0.4 is 21.3 Å². The van der Waals surface area contributed by atoms with Crippen molar-refractivity contribution in [2.24, 2.45) is 11.8 Å². The first kappa shape index (κ1) is 20.2.